The summed E-state index contributed by atoms with van der Waals surface area (Å²) >= 11 is 0. The lowest BCUT2D eigenvalue weighted by Crippen LogP contribution is -2.42. The molecular formula is C19H23NO3. The molecule has 1 unspecified atom stereocenters. The molecule has 2 rings (SSSR count). The van der Waals surface area contributed by atoms with E-state index in [4.69, 9.17) is 0 Å². The van der Waals surface area contributed by atoms with Crippen LogP contribution in [0.3, 0.4) is 0 Å². The van der Waals surface area contributed by atoms with Gasteiger partial charge in [-0.1, -0.05) is 56.3 Å². The van der Waals surface area contributed by atoms with Crippen molar-refractivity contribution < 1.29 is 14.7 Å². The Kier molecular flexibility index (Phi) is 5.74. The molecule has 0 heterocycles. The Bertz CT molecular complexity index is 694. The quantitative estimate of drug-likeness (QED) is 0.823. The first kappa shape index (κ1) is 17.0. The second-order valence-corrected chi connectivity index (χ2v) is 6.28. The Morgan fingerprint density at radius 1 is 1.09 bits per heavy atom. The molecule has 0 spiro atoms. The monoisotopic (exact) mass is 313 g/mol. The summed E-state index contributed by atoms with van der Waals surface area (Å²) in [6, 6.07) is 12.9. The minimum atomic E-state index is -1.00. The number of rotatable bonds is 7. The Labute approximate surface area is 136 Å². The standard InChI is InChI=1S/C19H23NO3/c1-13(2)7-10-18(21)20-17(19(22)23)12-14-8-9-15-5-3-4-6-16(15)11-14/h3-6,8-9,11,13,17H,7,10,12H2,1-2H3,(H,20,21)(H,22,23). The lowest BCUT2D eigenvalue weighted by Gasteiger charge is -2.15. The first-order valence-electron chi connectivity index (χ1n) is 7.95. The molecule has 2 aromatic rings. The average Bonchev–Trinajstić information content (AvgIpc) is 2.52. The zero-order valence-corrected chi connectivity index (χ0v) is 13.6. The number of aliphatic carboxylic acids is 1. The summed E-state index contributed by atoms with van der Waals surface area (Å²) in [6.07, 6.45) is 1.40. The molecular weight excluding hydrogens is 290 g/mol. The summed E-state index contributed by atoms with van der Waals surface area (Å²) in [5, 5.41) is 14.2. The minimum absolute atomic E-state index is 0.202. The predicted molar refractivity (Wildman–Crippen MR) is 91.3 cm³/mol. The van der Waals surface area contributed by atoms with Gasteiger partial charge in [0, 0.05) is 12.8 Å². The van der Waals surface area contributed by atoms with Gasteiger partial charge < -0.3 is 10.4 Å². The zero-order chi connectivity index (χ0) is 16.8. The fourth-order valence-electron chi connectivity index (χ4n) is 2.49. The molecule has 0 aliphatic heterocycles. The number of hydrogen-bond acceptors (Lipinski definition) is 2. The lowest BCUT2D eigenvalue weighted by atomic mass is 10.0. The highest BCUT2D eigenvalue weighted by Gasteiger charge is 2.20. The van der Waals surface area contributed by atoms with Gasteiger partial charge in [0.05, 0.1) is 0 Å². The summed E-state index contributed by atoms with van der Waals surface area (Å²) in [6.45, 7) is 4.08. The van der Waals surface area contributed by atoms with Crippen molar-refractivity contribution >= 4 is 22.6 Å². The third-order valence-electron chi connectivity index (χ3n) is 3.84. The number of carbonyl (C=O) groups excluding carboxylic acids is 1. The van der Waals surface area contributed by atoms with Gasteiger partial charge in [-0.3, -0.25) is 4.79 Å². The van der Waals surface area contributed by atoms with Gasteiger partial charge in [0.25, 0.3) is 0 Å². The number of fused-ring (bicyclic) bond motifs is 1. The van der Waals surface area contributed by atoms with E-state index in [1.54, 1.807) is 0 Å². The maximum atomic E-state index is 11.9. The largest absolute Gasteiger partial charge is 0.480 e. The van der Waals surface area contributed by atoms with E-state index in [0.717, 1.165) is 22.8 Å². The van der Waals surface area contributed by atoms with E-state index >= 15 is 0 Å². The Morgan fingerprint density at radius 3 is 2.43 bits per heavy atom. The molecule has 2 N–H and O–H groups in total. The average molecular weight is 313 g/mol. The van der Waals surface area contributed by atoms with Crippen molar-refractivity contribution in [3.8, 4) is 0 Å². The van der Waals surface area contributed by atoms with Crippen LogP contribution in [-0.4, -0.2) is 23.0 Å². The van der Waals surface area contributed by atoms with Crippen molar-refractivity contribution in [1.82, 2.24) is 5.32 Å². The van der Waals surface area contributed by atoms with Gasteiger partial charge in [0.2, 0.25) is 5.91 Å². The van der Waals surface area contributed by atoms with Crippen molar-refractivity contribution in [3.63, 3.8) is 0 Å². The highest BCUT2D eigenvalue weighted by atomic mass is 16.4. The van der Waals surface area contributed by atoms with E-state index < -0.39 is 12.0 Å². The third-order valence-corrected chi connectivity index (χ3v) is 3.84. The van der Waals surface area contributed by atoms with Crippen LogP contribution in [0.25, 0.3) is 10.8 Å². The number of benzene rings is 2. The molecule has 122 valence electrons. The first-order chi connectivity index (χ1) is 11.0. The van der Waals surface area contributed by atoms with Crippen LogP contribution >= 0.6 is 0 Å². The Morgan fingerprint density at radius 2 is 1.78 bits per heavy atom. The summed E-state index contributed by atoms with van der Waals surface area (Å²) in [5.74, 6) is -0.785. The van der Waals surface area contributed by atoms with E-state index in [0.29, 0.717) is 12.3 Å². The molecule has 23 heavy (non-hydrogen) atoms. The Balaban J connectivity index is 2.05. The number of hydrogen-bond donors (Lipinski definition) is 2. The molecule has 0 bridgehead atoms. The normalized spacial score (nSPS) is 12.3. The molecule has 0 aliphatic carbocycles. The minimum Gasteiger partial charge on any atom is -0.480 e. The van der Waals surface area contributed by atoms with Crippen LogP contribution in [0.15, 0.2) is 42.5 Å². The number of amides is 1. The van der Waals surface area contributed by atoms with E-state index in [9.17, 15) is 14.7 Å². The number of carboxylic acid groups (broad SMARTS) is 1. The van der Waals surface area contributed by atoms with Crippen LogP contribution in [0.4, 0.5) is 0 Å². The van der Waals surface area contributed by atoms with Gasteiger partial charge in [0.15, 0.2) is 0 Å². The molecule has 0 saturated heterocycles. The highest BCUT2D eigenvalue weighted by molar-refractivity contribution is 5.85. The number of nitrogens with one attached hydrogen (secondary N) is 1. The number of carboxylic acids is 1. The van der Waals surface area contributed by atoms with Gasteiger partial charge in [-0.2, -0.15) is 0 Å². The molecule has 2 aromatic carbocycles. The molecule has 0 aliphatic rings. The summed E-state index contributed by atoms with van der Waals surface area (Å²) in [7, 11) is 0. The van der Waals surface area contributed by atoms with Gasteiger partial charge in [-0.05, 0) is 28.7 Å². The van der Waals surface area contributed by atoms with Crippen molar-refractivity contribution in [2.45, 2.75) is 39.2 Å². The van der Waals surface area contributed by atoms with E-state index in [2.05, 4.69) is 5.32 Å². The SMILES string of the molecule is CC(C)CCC(=O)NC(Cc1ccc2ccccc2c1)C(=O)O. The molecule has 1 atom stereocenters. The van der Waals surface area contributed by atoms with Crippen LogP contribution in [0, 0.1) is 5.92 Å². The van der Waals surface area contributed by atoms with Gasteiger partial charge >= 0.3 is 5.97 Å². The van der Waals surface area contributed by atoms with Gasteiger partial charge in [0.1, 0.15) is 6.04 Å². The van der Waals surface area contributed by atoms with E-state index in [1.807, 2.05) is 56.3 Å². The fourth-order valence-corrected chi connectivity index (χ4v) is 2.49. The molecule has 4 nitrogen and oxygen atoms in total. The Hall–Kier alpha value is -2.36. The molecule has 0 aromatic heterocycles. The van der Waals surface area contributed by atoms with E-state index in [-0.39, 0.29) is 12.3 Å². The topological polar surface area (TPSA) is 66.4 Å². The van der Waals surface area contributed by atoms with E-state index in [1.165, 1.54) is 0 Å². The second kappa shape index (κ2) is 7.77. The maximum absolute atomic E-state index is 11.9. The molecule has 4 heteroatoms. The number of carbonyl (C=O) groups is 2. The van der Waals surface area contributed by atoms with Crippen LogP contribution in [-0.2, 0) is 16.0 Å². The molecule has 1 amide bonds. The fraction of sp³-hybridized carbons (Fsp3) is 0.368. The maximum Gasteiger partial charge on any atom is 0.326 e. The van der Waals surface area contributed by atoms with Crippen molar-refractivity contribution in [2.24, 2.45) is 5.92 Å². The van der Waals surface area contributed by atoms with Crippen LogP contribution in [0.2, 0.25) is 0 Å². The molecule has 0 radical (unpaired) electrons. The van der Waals surface area contributed by atoms with Crippen LogP contribution in [0.1, 0.15) is 32.3 Å². The summed E-state index contributed by atoms with van der Waals surface area (Å²) in [5.41, 5.74) is 0.903. The van der Waals surface area contributed by atoms with Crippen molar-refractivity contribution in [3.05, 3.63) is 48.0 Å². The highest BCUT2D eigenvalue weighted by Crippen LogP contribution is 2.17. The predicted octanol–water partition coefficient (Wildman–Crippen LogP) is 3.39. The lowest BCUT2D eigenvalue weighted by molar-refractivity contribution is -0.141. The second-order valence-electron chi connectivity index (χ2n) is 6.28. The van der Waals surface area contributed by atoms with Crippen molar-refractivity contribution in [1.29, 1.82) is 0 Å². The smallest absolute Gasteiger partial charge is 0.326 e. The molecule has 0 saturated carbocycles. The zero-order valence-electron chi connectivity index (χ0n) is 13.6. The third kappa shape index (κ3) is 5.09. The van der Waals surface area contributed by atoms with Crippen LogP contribution in [0.5, 0.6) is 0 Å². The van der Waals surface area contributed by atoms with Gasteiger partial charge in [-0.15, -0.1) is 0 Å². The summed E-state index contributed by atoms with van der Waals surface area (Å²) in [4.78, 5) is 23.3. The molecule has 0 fully saturated rings. The first-order valence-corrected chi connectivity index (χ1v) is 7.95. The van der Waals surface area contributed by atoms with Crippen LogP contribution < -0.4 is 5.32 Å². The summed E-state index contributed by atoms with van der Waals surface area (Å²) < 4.78 is 0. The van der Waals surface area contributed by atoms with Crippen molar-refractivity contribution in [2.75, 3.05) is 0 Å². The van der Waals surface area contributed by atoms with Gasteiger partial charge in [-0.25, -0.2) is 4.79 Å².